The Morgan fingerprint density at radius 3 is 2.68 bits per heavy atom. The summed E-state index contributed by atoms with van der Waals surface area (Å²) in [6, 6.07) is 13.6. The summed E-state index contributed by atoms with van der Waals surface area (Å²) >= 11 is 0. The summed E-state index contributed by atoms with van der Waals surface area (Å²) in [5.74, 6) is 1.03. The number of fused-ring (bicyclic) bond motifs is 1. The minimum Gasteiger partial charge on any atom is -0.508 e. The lowest BCUT2D eigenvalue weighted by molar-refractivity contribution is 0.249. The van der Waals surface area contributed by atoms with E-state index in [1.54, 1.807) is 19.2 Å². The number of rotatable bonds is 5. The Bertz CT molecular complexity index is 1040. The summed E-state index contributed by atoms with van der Waals surface area (Å²) in [7, 11) is 1.67. The fourth-order valence-corrected chi connectivity index (χ4v) is 4.16. The molecular formula is C23H25NO4. The molecule has 1 saturated heterocycles. The normalized spacial score (nSPS) is 17.3. The molecule has 1 atom stereocenters. The van der Waals surface area contributed by atoms with E-state index in [2.05, 4.69) is 17.0 Å². The standard InChI is InChI=1S/C23H25NO4/c1-3-15-11-19-17(12-23(26)28-22(19)13-21(15)25)14-24-10-4-5-20(24)16-6-8-18(27-2)9-7-16/h6-9,11-13,20,25H,3-5,10,14H2,1-2H3. The van der Waals surface area contributed by atoms with Crippen LogP contribution in [0.15, 0.2) is 51.7 Å². The van der Waals surface area contributed by atoms with Gasteiger partial charge < -0.3 is 14.3 Å². The Labute approximate surface area is 164 Å². The maximum atomic E-state index is 12.1. The monoisotopic (exact) mass is 379 g/mol. The lowest BCUT2D eigenvalue weighted by Crippen LogP contribution is -2.23. The second-order valence-corrected chi connectivity index (χ2v) is 7.32. The average molecular weight is 379 g/mol. The molecule has 1 fully saturated rings. The van der Waals surface area contributed by atoms with E-state index >= 15 is 0 Å². The zero-order valence-electron chi connectivity index (χ0n) is 16.3. The quantitative estimate of drug-likeness (QED) is 0.666. The van der Waals surface area contributed by atoms with Crippen molar-refractivity contribution in [2.24, 2.45) is 0 Å². The number of nitrogens with zero attached hydrogens (tertiary/aromatic N) is 1. The van der Waals surface area contributed by atoms with Crippen molar-refractivity contribution < 1.29 is 14.3 Å². The molecule has 0 spiro atoms. The van der Waals surface area contributed by atoms with Crippen LogP contribution in [0.25, 0.3) is 11.0 Å². The molecule has 5 heteroatoms. The molecule has 146 valence electrons. The molecule has 1 aromatic heterocycles. The molecule has 28 heavy (non-hydrogen) atoms. The second kappa shape index (κ2) is 7.68. The van der Waals surface area contributed by atoms with E-state index in [-0.39, 0.29) is 11.4 Å². The first-order valence-corrected chi connectivity index (χ1v) is 9.75. The summed E-state index contributed by atoms with van der Waals surface area (Å²) in [5, 5.41) is 11.0. The van der Waals surface area contributed by atoms with Crippen LogP contribution < -0.4 is 10.4 Å². The smallest absolute Gasteiger partial charge is 0.336 e. The van der Waals surface area contributed by atoms with Crippen molar-refractivity contribution in [3.8, 4) is 11.5 Å². The average Bonchev–Trinajstić information content (AvgIpc) is 3.15. The third-order valence-electron chi connectivity index (χ3n) is 5.65. The van der Waals surface area contributed by atoms with E-state index in [1.807, 2.05) is 25.1 Å². The third-order valence-corrected chi connectivity index (χ3v) is 5.65. The number of hydrogen-bond donors (Lipinski definition) is 1. The number of phenolic OH excluding ortho intramolecular Hbond substituents is 1. The van der Waals surface area contributed by atoms with E-state index in [9.17, 15) is 9.90 Å². The Kier molecular flexibility index (Phi) is 5.09. The molecule has 5 nitrogen and oxygen atoms in total. The van der Waals surface area contributed by atoms with Crippen LogP contribution >= 0.6 is 0 Å². The first-order valence-electron chi connectivity index (χ1n) is 9.75. The van der Waals surface area contributed by atoms with Crippen LogP contribution in [-0.4, -0.2) is 23.7 Å². The molecular weight excluding hydrogens is 354 g/mol. The number of methoxy groups -OCH3 is 1. The van der Waals surface area contributed by atoms with Crippen LogP contribution in [-0.2, 0) is 13.0 Å². The van der Waals surface area contributed by atoms with Gasteiger partial charge in [0.2, 0.25) is 0 Å². The Balaban J connectivity index is 1.69. The number of aryl methyl sites for hydroxylation is 1. The maximum Gasteiger partial charge on any atom is 0.336 e. The van der Waals surface area contributed by atoms with Gasteiger partial charge in [0, 0.05) is 30.1 Å². The largest absolute Gasteiger partial charge is 0.508 e. The van der Waals surface area contributed by atoms with Crippen LogP contribution in [0.2, 0.25) is 0 Å². The Morgan fingerprint density at radius 1 is 1.18 bits per heavy atom. The minimum absolute atomic E-state index is 0.174. The molecule has 0 saturated carbocycles. The van der Waals surface area contributed by atoms with Crippen molar-refractivity contribution in [2.75, 3.05) is 13.7 Å². The van der Waals surface area contributed by atoms with Crippen LogP contribution in [0.1, 0.15) is 42.5 Å². The highest BCUT2D eigenvalue weighted by molar-refractivity contribution is 5.82. The lowest BCUT2D eigenvalue weighted by atomic mass is 10.0. The van der Waals surface area contributed by atoms with Gasteiger partial charge in [0.1, 0.15) is 17.1 Å². The zero-order chi connectivity index (χ0) is 19.7. The predicted molar refractivity (Wildman–Crippen MR) is 109 cm³/mol. The Hall–Kier alpha value is -2.79. The van der Waals surface area contributed by atoms with Crippen molar-refractivity contribution in [2.45, 2.75) is 38.8 Å². The Morgan fingerprint density at radius 2 is 1.96 bits per heavy atom. The van der Waals surface area contributed by atoms with Gasteiger partial charge in [0.15, 0.2) is 0 Å². The predicted octanol–water partition coefficient (Wildman–Crippen LogP) is 4.41. The number of likely N-dealkylation sites (tertiary alicyclic amines) is 1. The highest BCUT2D eigenvalue weighted by Crippen LogP contribution is 2.35. The lowest BCUT2D eigenvalue weighted by Gasteiger charge is -2.25. The highest BCUT2D eigenvalue weighted by atomic mass is 16.5. The van der Waals surface area contributed by atoms with Gasteiger partial charge in [-0.25, -0.2) is 4.79 Å². The van der Waals surface area contributed by atoms with Gasteiger partial charge in [-0.05, 0) is 60.7 Å². The van der Waals surface area contributed by atoms with Crippen molar-refractivity contribution in [3.63, 3.8) is 0 Å². The van der Waals surface area contributed by atoms with E-state index in [1.165, 1.54) is 5.56 Å². The topological polar surface area (TPSA) is 62.9 Å². The minimum atomic E-state index is -0.383. The van der Waals surface area contributed by atoms with Crippen LogP contribution in [0.3, 0.4) is 0 Å². The zero-order valence-corrected chi connectivity index (χ0v) is 16.3. The maximum absolute atomic E-state index is 12.1. The summed E-state index contributed by atoms with van der Waals surface area (Å²) in [5.41, 5.74) is 3.12. The van der Waals surface area contributed by atoms with Gasteiger partial charge in [0.05, 0.1) is 7.11 Å². The molecule has 0 aliphatic carbocycles. The summed E-state index contributed by atoms with van der Waals surface area (Å²) < 4.78 is 10.6. The van der Waals surface area contributed by atoms with Crippen LogP contribution in [0.5, 0.6) is 11.5 Å². The fraction of sp³-hybridized carbons (Fsp3) is 0.348. The molecule has 1 aliphatic rings. The van der Waals surface area contributed by atoms with Crippen molar-refractivity contribution in [3.05, 3.63) is 69.6 Å². The molecule has 1 unspecified atom stereocenters. The number of hydrogen-bond acceptors (Lipinski definition) is 5. The molecule has 0 amide bonds. The van der Waals surface area contributed by atoms with Crippen molar-refractivity contribution >= 4 is 11.0 Å². The molecule has 4 rings (SSSR count). The van der Waals surface area contributed by atoms with Gasteiger partial charge >= 0.3 is 5.63 Å². The van der Waals surface area contributed by atoms with Crippen LogP contribution in [0, 0.1) is 0 Å². The highest BCUT2D eigenvalue weighted by Gasteiger charge is 2.27. The number of phenols is 1. The molecule has 0 bridgehead atoms. The van der Waals surface area contributed by atoms with E-state index < -0.39 is 0 Å². The molecule has 2 heterocycles. The van der Waals surface area contributed by atoms with E-state index in [0.29, 0.717) is 18.2 Å². The SMILES string of the molecule is CCc1cc2c(CN3CCCC3c3ccc(OC)cc3)cc(=O)oc2cc1O. The van der Waals surface area contributed by atoms with Crippen molar-refractivity contribution in [1.29, 1.82) is 0 Å². The van der Waals surface area contributed by atoms with Gasteiger partial charge in [-0.3, -0.25) is 4.90 Å². The molecule has 1 aliphatic heterocycles. The van der Waals surface area contributed by atoms with E-state index in [0.717, 1.165) is 48.1 Å². The summed E-state index contributed by atoms with van der Waals surface area (Å²) in [6.07, 6.45) is 2.93. The number of aromatic hydroxyl groups is 1. The molecule has 2 aromatic carbocycles. The van der Waals surface area contributed by atoms with Gasteiger partial charge in [-0.2, -0.15) is 0 Å². The molecule has 3 aromatic rings. The van der Waals surface area contributed by atoms with Gasteiger partial charge in [0.25, 0.3) is 0 Å². The van der Waals surface area contributed by atoms with Gasteiger partial charge in [-0.15, -0.1) is 0 Å². The van der Waals surface area contributed by atoms with E-state index in [4.69, 9.17) is 9.15 Å². The second-order valence-electron chi connectivity index (χ2n) is 7.32. The molecule has 0 radical (unpaired) electrons. The van der Waals surface area contributed by atoms with Crippen LogP contribution in [0.4, 0.5) is 0 Å². The number of ether oxygens (including phenoxy) is 1. The first kappa shape index (κ1) is 18.6. The summed E-state index contributed by atoms with van der Waals surface area (Å²) in [4.78, 5) is 14.5. The number of benzene rings is 2. The third kappa shape index (κ3) is 3.50. The van der Waals surface area contributed by atoms with Gasteiger partial charge in [-0.1, -0.05) is 19.1 Å². The van der Waals surface area contributed by atoms with Crippen molar-refractivity contribution in [1.82, 2.24) is 4.90 Å². The molecule has 1 N–H and O–H groups in total. The fourth-order valence-electron chi connectivity index (χ4n) is 4.16. The summed E-state index contributed by atoms with van der Waals surface area (Å²) in [6.45, 7) is 3.66. The first-order chi connectivity index (χ1) is 13.6.